The molecule has 0 saturated carbocycles. The number of anilines is 2. The minimum absolute atomic E-state index is 0.123. The van der Waals surface area contributed by atoms with E-state index >= 15 is 0 Å². The van der Waals surface area contributed by atoms with E-state index in [2.05, 4.69) is 26.2 Å². The number of aryl methyl sites for hydroxylation is 1. The van der Waals surface area contributed by atoms with E-state index < -0.39 is 10.8 Å². The van der Waals surface area contributed by atoms with Crippen LogP contribution in [0.2, 0.25) is 0 Å². The number of benzene rings is 1. The van der Waals surface area contributed by atoms with Crippen LogP contribution in [0, 0.1) is 15.5 Å². The second-order valence-electron chi connectivity index (χ2n) is 10.8. The number of hydrogen-bond donors (Lipinski definition) is 1. The molecule has 11 heteroatoms. The maximum atomic E-state index is 12.5. The van der Waals surface area contributed by atoms with Crippen LogP contribution in [0.5, 0.6) is 0 Å². The van der Waals surface area contributed by atoms with Crippen LogP contribution in [0.25, 0.3) is 10.9 Å². The van der Waals surface area contributed by atoms with Gasteiger partial charge >= 0.3 is 5.82 Å². The number of nitrogens with zero attached hydrogens (tertiary/aromatic N) is 6. The maximum Gasteiger partial charge on any atom is 0.363 e. The van der Waals surface area contributed by atoms with Crippen LogP contribution in [0.4, 0.5) is 17.2 Å². The molecule has 3 aliphatic rings. The van der Waals surface area contributed by atoms with Crippen molar-refractivity contribution < 1.29 is 14.5 Å². The fraction of sp³-hybridized carbons (Fsp3) is 0.481. The normalized spacial score (nSPS) is 21.7. The van der Waals surface area contributed by atoms with Gasteiger partial charge in [-0.05, 0) is 59.6 Å². The van der Waals surface area contributed by atoms with Crippen LogP contribution in [-0.4, -0.2) is 57.7 Å². The minimum Gasteiger partial charge on any atom is -0.370 e. The van der Waals surface area contributed by atoms with Crippen molar-refractivity contribution in [1.29, 1.82) is 0 Å². The Morgan fingerprint density at radius 2 is 1.74 bits per heavy atom. The first-order valence-corrected chi connectivity index (χ1v) is 13.2. The number of nitro groups is 1. The first-order valence-electron chi connectivity index (χ1n) is 13.2. The summed E-state index contributed by atoms with van der Waals surface area (Å²) in [4.78, 5) is 43.3. The van der Waals surface area contributed by atoms with Crippen molar-refractivity contribution in [3.05, 3.63) is 52.3 Å². The van der Waals surface area contributed by atoms with Crippen molar-refractivity contribution in [2.45, 2.75) is 44.4 Å². The summed E-state index contributed by atoms with van der Waals surface area (Å²) in [6.07, 6.45) is 6.82. The lowest BCUT2D eigenvalue weighted by molar-refractivity contribution is -0.389. The van der Waals surface area contributed by atoms with Gasteiger partial charge in [-0.1, -0.05) is 12.1 Å². The summed E-state index contributed by atoms with van der Waals surface area (Å²) in [6, 6.07) is 9.47. The second kappa shape index (κ2) is 9.38. The summed E-state index contributed by atoms with van der Waals surface area (Å²) in [5.41, 5.74) is 4.16. The first-order chi connectivity index (χ1) is 18.3. The van der Waals surface area contributed by atoms with Gasteiger partial charge in [0.1, 0.15) is 0 Å². The number of imide groups is 1. The summed E-state index contributed by atoms with van der Waals surface area (Å²) < 4.78 is 1.88. The van der Waals surface area contributed by atoms with Gasteiger partial charge in [0.15, 0.2) is 6.20 Å². The summed E-state index contributed by atoms with van der Waals surface area (Å²) in [5, 5.41) is 19.1. The second-order valence-corrected chi connectivity index (χ2v) is 10.8. The molecular weight excluding hydrogens is 486 g/mol. The van der Waals surface area contributed by atoms with Crippen molar-refractivity contribution in [1.82, 2.24) is 20.1 Å². The van der Waals surface area contributed by atoms with Gasteiger partial charge in [0, 0.05) is 51.1 Å². The van der Waals surface area contributed by atoms with Gasteiger partial charge in [0.05, 0.1) is 28.5 Å². The van der Waals surface area contributed by atoms with E-state index in [1.807, 2.05) is 23.9 Å². The largest absolute Gasteiger partial charge is 0.370 e. The molecule has 6 rings (SSSR count). The Morgan fingerprint density at radius 3 is 2.37 bits per heavy atom. The highest BCUT2D eigenvalue weighted by molar-refractivity contribution is 6.03. The smallest absolute Gasteiger partial charge is 0.363 e. The average Bonchev–Trinajstić information content (AvgIpc) is 3.26. The van der Waals surface area contributed by atoms with Gasteiger partial charge in [0.2, 0.25) is 11.8 Å². The Balaban J connectivity index is 1.15. The highest BCUT2D eigenvalue weighted by atomic mass is 16.6. The summed E-state index contributed by atoms with van der Waals surface area (Å²) >= 11 is 0. The molecule has 2 amide bonds. The molecule has 3 fully saturated rings. The molecule has 0 radical (unpaired) electrons. The number of rotatable bonds is 4. The van der Waals surface area contributed by atoms with Crippen molar-refractivity contribution in [2.24, 2.45) is 12.5 Å². The molecule has 5 heterocycles. The molecule has 2 aromatic heterocycles. The molecule has 3 aromatic rings. The average molecular weight is 518 g/mol. The fourth-order valence-electron chi connectivity index (χ4n) is 6.45. The van der Waals surface area contributed by atoms with Crippen LogP contribution in [0.3, 0.4) is 0 Å². The number of amides is 2. The molecule has 11 nitrogen and oxygen atoms in total. The fourth-order valence-corrected chi connectivity index (χ4v) is 6.45. The molecule has 0 bridgehead atoms. The molecule has 1 spiro atoms. The number of nitrogens with one attached hydrogen (secondary N) is 1. The number of piperidine rings is 3. The Hall–Kier alpha value is -4.02. The molecule has 0 unspecified atom stereocenters. The van der Waals surface area contributed by atoms with E-state index in [1.54, 1.807) is 12.3 Å². The minimum atomic E-state index is -0.468. The van der Waals surface area contributed by atoms with E-state index in [-0.39, 0.29) is 17.6 Å². The molecule has 0 aliphatic carbocycles. The van der Waals surface area contributed by atoms with Crippen molar-refractivity contribution in [3.63, 3.8) is 0 Å². The molecule has 3 aliphatic heterocycles. The number of pyridine rings is 1. The lowest BCUT2D eigenvalue weighted by Crippen LogP contribution is -2.47. The van der Waals surface area contributed by atoms with Crippen LogP contribution in [-0.2, 0) is 16.6 Å². The molecule has 3 saturated heterocycles. The molecule has 198 valence electrons. The van der Waals surface area contributed by atoms with E-state index in [0.29, 0.717) is 18.3 Å². The van der Waals surface area contributed by atoms with E-state index in [1.165, 1.54) is 6.07 Å². The zero-order chi connectivity index (χ0) is 26.4. The van der Waals surface area contributed by atoms with Gasteiger partial charge < -0.3 is 19.9 Å². The quantitative estimate of drug-likeness (QED) is 0.317. The third kappa shape index (κ3) is 4.25. The van der Waals surface area contributed by atoms with Gasteiger partial charge in [-0.3, -0.25) is 19.6 Å². The summed E-state index contributed by atoms with van der Waals surface area (Å²) in [7, 11) is 1.93. The lowest BCUT2D eigenvalue weighted by atomic mass is 9.71. The number of para-hydroxylation sites is 1. The van der Waals surface area contributed by atoms with Gasteiger partial charge in [0.25, 0.3) is 0 Å². The number of carbonyl (C=O) groups is 2. The Kier molecular flexibility index (Phi) is 6.00. The SMILES string of the molecule is Cn1nc([C@H]2CCC(=O)NC2=O)c2cccc(N3CCC4(CCN(c5ccc([N+](=O)[O-])nc5)CC4)CC3)c21. The molecule has 1 atom stereocenters. The Bertz CT molecular complexity index is 1400. The van der Waals surface area contributed by atoms with Gasteiger partial charge in [-0.2, -0.15) is 5.10 Å². The lowest BCUT2D eigenvalue weighted by Gasteiger charge is -2.47. The standard InChI is InChI=1S/C27H31N7O4/c1-31-25-19(24(30-31)20-6-8-23(35)29-26(20)36)3-2-4-21(25)33-15-11-27(12-16-33)9-13-32(14-10-27)18-5-7-22(28-17-18)34(37)38/h2-5,7,17,20H,6,8-16H2,1H3,(H,29,35,36)/t20-/m1/s1. The highest BCUT2D eigenvalue weighted by Gasteiger charge is 2.39. The monoisotopic (exact) mass is 517 g/mol. The van der Waals surface area contributed by atoms with Gasteiger partial charge in [-0.25, -0.2) is 0 Å². The van der Waals surface area contributed by atoms with Crippen molar-refractivity contribution >= 4 is 39.9 Å². The van der Waals surface area contributed by atoms with E-state index in [0.717, 1.165) is 79.8 Å². The van der Waals surface area contributed by atoms with Crippen LogP contribution in [0.1, 0.15) is 50.1 Å². The Labute approximate surface area is 219 Å². The Morgan fingerprint density at radius 1 is 1.03 bits per heavy atom. The predicted octanol–water partition coefficient (Wildman–Crippen LogP) is 3.28. The summed E-state index contributed by atoms with van der Waals surface area (Å²) in [5.74, 6) is -1.01. The molecule has 1 N–H and O–H groups in total. The predicted molar refractivity (Wildman–Crippen MR) is 142 cm³/mol. The summed E-state index contributed by atoms with van der Waals surface area (Å²) in [6.45, 7) is 3.76. The first kappa shape index (κ1) is 24.3. The zero-order valence-electron chi connectivity index (χ0n) is 21.4. The molecule has 1 aromatic carbocycles. The molecular formula is C27H31N7O4. The number of carbonyl (C=O) groups excluding carboxylic acids is 2. The third-order valence-electron chi connectivity index (χ3n) is 8.71. The van der Waals surface area contributed by atoms with E-state index in [4.69, 9.17) is 5.10 Å². The van der Waals surface area contributed by atoms with Crippen LogP contribution in [0.15, 0.2) is 36.5 Å². The zero-order valence-corrected chi connectivity index (χ0v) is 21.4. The van der Waals surface area contributed by atoms with Crippen LogP contribution >= 0.6 is 0 Å². The highest BCUT2D eigenvalue weighted by Crippen LogP contribution is 2.44. The topological polar surface area (TPSA) is 127 Å². The number of aromatic nitrogens is 3. The van der Waals surface area contributed by atoms with Crippen LogP contribution < -0.4 is 15.1 Å². The van der Waals surface area contributed by atoms with Gasteiger partial charge in [-0.15, -0.1) is 0 Å². The van der Waals surface area contributed by atoms with E-state index in [9.17, 15) is 19.7 Å². The molecule has 38 heavy (non-hydrogen) atoms. The number of hydrogen-bond acceptors (Lipinski definition) is 8. The number of fused-ring (bicyclic) bond motifs is 1. The third-order valence-corrected chi connectivity index (χ3v) is 8.71. The maximum absolute atomic E-state index is 12.5. The van der Waals surface area contributed by atoms with Crippen molar-refractivity contribution in [2.75, 3.05) is 36.0 Å². The van der Waals surface area contributed by atoms with Crippen molar-refractivity contribution in [3.8, 4) is 0 Å².